The van der Waals surface area contributed by atoms with Crippen LogP contribution in [0.2, 0.25) is 0 Å². The van der Waals surface area contributed by atoms with Gasteiger partial charge in [-0.25, -0.2) is 9.97 Å². The molecule has 3 aromatic rings. The lowest BCUT2D eigenvalue weighted by molar-refractivity contribution is -0.137. The van der Waals surface area contributed by atoms with Gasteiger partial charge >= 0.3 is 6.18 Å². The van der Waals surface area contributed by atoms with Gasteiger partial charge in [-0.1, -0.05) is 19.1 Å². The van der Waals surface area contributed by atoms with Gasteiger partial charge in [0.2, 0.25) is 0 Å². The van der Waals surface area contributed by atoms with Crippen molar-refractivity contribution < 1.29 is 17.9 Å². The Morgan fingerprint density at radius 1 is 1.00 bits per heavy atom. The van der Waals surface area contributed by atoms with Gasteiger partial charge in [-0.2, -0.15) is 13.2 Å². The van der Waals surface area contributed by atoms with Crippen LogP contribution in [0.25, 0.3) is 0 Å². The average Bonchev–Trinajstić information content (AvgIpc) is 2.71. The largest absolute Gasteiger partial charge is 0.457 e. The first-order valence-corrected chi connectivity index (χ1v) is 9.77. The molecule has 2 aromatic carbocycles. The number of aromatic nitrogens is 2. The number of benzene rings is 2. The molecule has 0 amide bonds. The average molecular weight is 415 g/mol. The van der Waals surface area contributed by atoms with Gasteiger partial charge < -0.3 is 10.1 Å². The maximum atomic E-state index is 12.8. The van der Waals surface area contributed by atoms with E-state index in [-0.39, 0.29) is 0 Å². The van der Waals surface area contributed by atoms with Crippen LogP contribution in [0.5, 0.6) is 11.5 Å². The molecule has 0 spiro atoms. The first kappa shape index (κ1) is 21.6. The fourth-order valence-corrected chi connectivity index (χ4v) is 3.14. The third kappa shape index (κ3) is 5.28. The third-order valence-electron chi connectivity index (χ3n) is 4.88. The number of hydrogen-bond donors (Lipinski definition) is 1. The van der Waals surface area contributed by atoms with Crippen LogP contribution in [0.4, 0.5) is 19.0 Å². The maximum Gasteiger partial charge on any atom is 0.416 e. The van der Waals surface area contributed by atoms with Gasteiger partial charge in [0, 0.05) is 17.8 Å². The van der Waals surface area contributed by atoms with Crippen molar-refractivity contribution in [2.45, 2.75) is 39.8 Å². The number of alkyl halides is 3. The van der Waals surface area contributed by atoms with Gasteiger partial charge in [0.25, 0.3) is 0 Å². The Balaban J connectivity index is 1.58. The van der Waals surface area contributed by atoms with Gasteiger partial charge in [-0.05, 0) is 68.1 Å². The summed E-state index contributed by atoms with van der Waals surface area (Å²) in [7, 11) is 0. The third-order valence-corrected chi connectivity index (χ3v) is 4.88. The summed E-state index contributed by atoms with van der Waals surface area (Å²) >= 11 is 0. The predicted molar refractivity (Wildman–Crippen MR) is 111 cm³/mol. The van der Waals surface area contributed by atoms with Crippen LogP contribution in [-0.2, 0) is 19.0 Å². The van der Waals surface area contributed by atoms with Crippen molar-refractivity contribution in [3.05, 3.63) is 76.7 Å². The molecule has 4 nitrogen and oxygen atoms in total. The molecule has 0 bridgehead atoms. The number of aryl methyl sites for hydroxylation is 2. The molecule has 0 aliphatic heterocycles. The molecule has 0 unspecified atom stereocenters. The molecule has 7 heteroatoms. The van der Waals surface area contributed by atoms with E-state index in [0.717, 1.165) is 54.2 Å². The molecule has 0 aliphatic rings. The standard InChI is InChI=1S/C23H24F3N3O/c1-4-20-16(3)22(29-14-28-20)27-12-11-17-5-8-19(9-6-17)30-21-10-7-18(13-15(21)2)23(24,25)26/h5-10,13-14H,4,11-12H2,1-3H3,(H,27,28,29). The molecule has 1 aromatic heterocycles. The highest BCUT2D eigenvalue weighted by Crippen LogP contribution is 2.33. The number of anilines is 1. The number of ether oxygens (including phenoxy) is 1. The molecule has 30 heavy (non-hydrogen) atoms. The molecule has 0 saturated heterocycles. The molecule has 1 heterocycles. The summed E-state index contributed by atoms with van der Waals surface area (Å²) in [6.07, 6.45) is -1.13. The van der Waals surface area contributed by atoms with Crippen LogP contribution in [0.15, 0.2) is 48.8 Å². The van der Waals surface area contributed by atoms with Gasteiger partial charge in [0.05, 0.1) is 5.56 Å². The first-order valence-electron chi connectivity index (χ1n) is 9.77. The second-order valence-electron chi connectivity index (χ2n) is 7.05. The van der Waals surface area contributed by atoms with E-state index in [9.17, 15) is 13.2 Å². The summed E-state index contributed by atoms with van der Waals surface area (Å²) in [6.45, 7) is 6.40. The number of rotatable bonds is 7. The Bertz CT molecular complexity index is 1000. The van der Waals surface area contributed by atoms with Crippen molar-refractivity contribution in [2.24, 2.45) is 0 Å². The molecule has 0 fully saturated rings. The summed E-state index contributed by atoms with van der Waals surface area (Å²) in [5.74, 6) is 1.83. The lowest BCUT2D eigenvalue weighted by atomic mass is 10.1. The molecule has 158 valence electrons. The zero-order valence-corrected chi connectivity index (χ0v) is 17.2. The van der Waals surface area contributed by atoms with E-state index in [4.69, 9.17) is 4.74 Å². The molecule has 0 radical (unpaired) electrons. The molecule has 1 N–H and O–H groups in total. The fourth-order valence-electron chi connectivity index (χ4n) is 3.14. The van der Waals surface area contributed by atoms with E-state index in [2.05, 4.69) is 22.2 Å². The fraction of sp³-hybridized carbons (Fsp3) is 0.304. The van der Waals surface area contributed by atoms with E-state index in [1.807, 2.05) is 31.2 Å². The predicted octanol–water partition coefficient (Wildman–Crippen LogP) is 6.12. The monoisotopic (exact) mass is 415 g/mol. The van der Waals surface area contributed by atoms with Crippen LogP contribution in [0, 0.1) is 13.8 Å². The smallest absolute Gasteiger partial charge is 0.416 e. The quantitative estimate of drug-likeness (QED) is 0.505. The zero-order valence-electron chi connectivity index (χ0n) is 17.2. The summed E-state index contributed by atoms with van der Waals surface area (Å²) in [5.41, 5.74) is 2.97. The van der Waals surface area contributed by atoms with Crippen molar-refractivity contribution in [3.8, 4) is 11.5 Å². The van der Waals surface area contributed by atoms with Gasteiger partial charge in [-0.3, -0.25) is 0 Å². The Morgan fingerprint density at radius 2 is 1.73 bits per heavy atom. The number of hydrogen-bond acceptors (Lipinski definition) is 4. The second kappa shape index (κ2) is 9.15. The van der Waals surface area contributed by atoms with Crippen molar-refractivity contribution >= 4 is 5.82 Å². The van der Waals surface area contributed by atoms with Crippen LogP contribution in [0.3, 0.4) is 0 Å². The van der Waals surface area contributed by atoms with Crippen molar-refractivity contribution in [3.63, 3.8) is 0 Å². The van der Waals surface area contributed by atoms with Crippen LogP contribution in [-0.4, -0.2) is 16.5 Å². The highest BCUT2D eigenvalue weighted by molar-refractivity contribution is 5.45. The summed E-state index contributed by atoms with van der Waals surface area (Å²) in [4.78, 5) is 8.57. The summed E-state index contributed by atoms with van der Waals surface area (Å²) in [5, 5.41) is 3.34. The SMILES string of the molecule is CCc1ncnc(NCCc2ccc(Oc3ccc(C(F)(F)F)cc3C)cc2)c1C. The summed E-state index contributed by atoms with van der Waals surface area (Å²) < 4.78 is 44.1. The van der Waals surface area contributed by atoms with Gasteiger partial charge in [0.15, 0.2) is 0 Å². The highest BCUT2D eigenvalue weighted by Gasteiger charge is 2.30. The normalized spacial score (nSPS) is 11.4. The van der Waals surface area contributed by atoms with Crippen LogP contribution < -0.4 is 10.1 Å². The lowest BCUT2D eigenvalue weighted by Gasteiger charge is -2.13. The number of nitrogens with zero attached hydrogens (tertiary/aromatic N) is 2. The van der Waals surface area contributed by atoms with Gasteiger partial charge in [0.1, 0.15) is 23.6 Å². The Morgan fingerprint density at radius 3 is 2.37 bits per heavy atom. The molecule has 3 rings (SSSR count). The molecular weight excluding hydrogens is 391 g/mol. The Kier molecular flexibility index (Phi) is 6.59. The topological polar surface area (TPSA) is 47.0 Å². The van der Waals surface area contributed by atoms with E-state index in [0.29, 0.717) is 17.1 Å². The number of nitrogens with one attached hydrogen (secondary N) is 1. The zero-order chi connectivity index (χ0) is 21.7. The van der Waals surface area contributed by atoms with E-state index in [1.165, 1.54) is 6.07 Å². The Labute approximate surface area is 174 Å². The van der Waals surface area contributed by atoms with Crippen molar-refractivity contribution in [1.82, 2.24) is 9.97 Å². The van der Waals surface area contributed by atoms with E-state index < -0.39 is 11.7 Å². The first-order chi connectivity index (χ1) is 14.3. The minimum atomic E-state index is -4.36. The van der Waals surface area contributed by atoms with Gasteiger partial charge in [-0.15, -0.1) is 0 Å². The Hall–Kier alpha value is -3.09. The number of halogens is 3. The van der Waals surface area contributed by atoms with Crippen LogP contribution in [0.1, 0.15) is 34.9 Å². The summed E-state index contributed by atoms with van der Waals surface area (Å²) in [6, 6.07) is 11.0. The minimum Gasteiger partial charge on any atom is -0.457 e. The minimum absolute atomic E-state index is 0.406. The van der Waals surface area contributed by atoms with E-state index >= 15 is 0 Å². The molecule has 0 saturated carbocycles. The second-order valence-corrected chi connectivity index (χ2v) is 7.05. The lowest BCUT2D eigenvalue weighted by Crippen LogP contribution is -2.09. The van der Waals surface area contributed by atoms with Crippen LogP contribution >= 0.6 is 0 Å². The molecule has 0 atom stereocenters. The highest BCUT2D eigenvalue weighted by atomic mass is 19.4. The van der Waals surface area contributed by atoms with E-state index in [1.54, 1.807) is 13.3 Å². The van der Waals surface area contributed by atoms with Crippen molar-refractivity contribution in [2.75, 3.05) is 11.9 Å². The molecule has 0 aliphatic carbocycles. The van der Waals surface area contributed by atoms with Crippen molar-refractivity contribution in [1.29, 1.82) is 0 Å². The maximum absolute atomic E-state index is 12.8. The molecular formula is C23H24F3N3O.